The topological polar surface area (TPSA) is 120 Å². The largest absolute Gasteiger partial charge is 0.508 e. The normalized spacial score (nSPS) is 14.8. The third-order valence-electron chi connectivity index (χ3n) is 3.57. The van der Waals surface area contributed by atoms with Gasteiger partial charge in [0.15, 0.2) is 6.10 Å². The van der Waals surface area contributed by atoms with Gasteiger partial charge in [-0.2, -0.15) is 0 Å². The van der Waals surface area contributed by atoms with Crippen molar-refractivity contribution in [1.82, 2.24) is 5.32 Å². The van der Waals surface area contributed by atoms with E-state index in [0.29, 0.717) is 0 Å². The maximum absolute atomic E-state index is 12.9. The lowest BCUT2D eigenvalue weighted by molar-refractivity contribution is -0.168. The Morgan fingerprint density at radius 1 is 1.03 bits per heavy atom. The lowest BCUT2D eigenvalue weighted by atomic mass is 10.1. The summed E-state index contributed by atoms with van der Waals surface area (Å²) in [4.78, 5) is 37.8. The Hall–Kier alpha value is -2.17. The van der Waals surface area contributed by atoms with E-state index in [4.69, 9.17) is 18.9 Å². The van der Waals surface area contributed by atoms with Gasteiger partial charge in [-0.15, -0.1) is 0 Å². The summed E-state index contributed by atoms with van der Waals surface area (Å²) < 4.78 is 19.1. The van der Waals surface area contributed by atoms with Crippen LogP contribution in [0.2, 0.25) is 0 Å². The van der Waals surface area contributed by atoms with Gasteiger partial charge in [-0.1, -0.05) is 0 Å². The van der Waals surface area contributed by atoms with Gasteiger partial charge < -0.3 is 24.1 Å². The molecule has 0 heterocycles. The first-order chi connectivity index (χ1) is 14.1. The first kappa shape index (κ1) is 26.9. The van der Waals surface area contributed by atoms with Crippen LogP contribution in [0.25, 0.3) is 0 Å². The second kappa shape index (κ2) is 10.4. The molecule has 174 valence electrons. The van der Waals surface area contributed by atoms with Crippen LogP contribution in [0.15, 0.2) is 24.3 Å². The van der Waals surface area contributed by atoms with Crippen LogP contribution in [0.5, 0.6) is 5.75 Å². The number of halogens is 1. The highest BCUT2D eigenvalue weighted by atomic mass is 79.9. The Morgan fingerprint density at radius 2 is 1.58 bits per heavy atom. The molecule has 0 bridgehead atoms. The van der Waals surface area contributed by atoms with Crippen molar-refractivity contribution in [2.45, 2.75) is 63.5 Å². The summed E-state index contributed by atoms with van der Waals surface area (Å²) >= 11 is 3.00. The van der Waals surface area contributed by atoms with Gasteiger partial charge in [0, 0.05) is 12.7 Å². The molecule has 1 aromatic rings. The zero-order chi connectivity index (χ0) is 24.0. The molecule has 0 spiro atoms. The molecule has 1 unspecified atom stereocenters. The van der Waals surface area contributed by atoms with Crippen LogP contribution in [0.3, 0.4) is 0 Å². The number of Topliss-reactive ketones (excluding diaryl/α,β-unsaturated/α-hetero) is 1. The molecule has 0 aliphatic heterocycles. The van der Waals surface area contributed by atoms with Gasteiger partial charge in [0.25, 0.3) is 0 Å². The molecule has 1 rings (SSSR count). The van der Waals surface area contributed by atoms with Crippen molar-refractivity contribution in [3.05, 3.63) is 29.8 Å². The van der Waals surface area contributed by atoms with Crippen LogP contribution >= 0.6 is 15.9 Å². The summed E-state index contributed by atoms with van der Waals surface area (Å²) in [7, 11) is 1.16. The molecule has 0 saturated heterocycles. The van der Waals surface area contributed by atoms with Crippen molar-refractivity contribution in [3.63, 3.8) is 0 Å². The van der Waals surface area contributed by atoms with Crippen molar-refractivity contribution in [1.29, 1.82) is 0 Å². The minimum Gasteiger partial charge on any atom is -0.508 e. The summed E-state index contributed by atoms with van der Waals surface area (Å²) in [6, 6.07) is 5.47. The lowest BCUT2D eigenvalue weighted by Gasteiger charge is -2.29. The van der Waals surface area contributed by atoms with E-state index in [0.717, 1.165) is 7.11 Å². The number of methoxy groups -OCH3 is 1. The molecule has 9 nitrogen and oxygen atoms in total. The standard InChI is InChI=1S/C21H30BrNO8/c1-19(2,3)29-12-15(16(25)13-8-10-14(24)11-9-13)30-17(26)21(22,28-7)23-18(27)31-20(4,5)6/h8-11,15,24H,12H2,1-7H3,(H,23,27)/t15-,21?/m0/s1. The average molecular weight is 504 g/mol. The van der Waals surface area contributed by atoms with E-state index in [1.54, 1.807) is 41.5 Å². The van der Waals surface area contributed by atoms with Crippen LogP contribution in [0.1, 0.15) is 51.9 Å². The van der Waals surface area contributed by atoms with Crippen LogP contribution in [-0.4, -0.2) is 58.6 Å². The average Bonchev–Trinajstić information content (AvgIpc) is 2.62. The van der Waals surface area contributed by atoms with E-state index in [2.05, 4.69) is 21.2 Å². The predicted octanol–water partition coefficient (Wildman–Crippen LogP) is 3.52. The molecule has 10 heteroatoms. The minimum absolute atomic E-state index is 0.0172. The number of amides is 1. The molecule has 0 aliphatic carbocycles. The number of aromatic hydroxyl groups is 1. The number of phenolic OH excluding ortho intramolecular Hbond substituents is 1. The van der Waals surface area contributed by atoms with E-state index >= 15 is 0 Å². The summed E-state index contributed by atoms with van der Waals surface area (Å²) in [5, 5.41) is 11.7. The number of hydrogen-bond acceptors (Lipinski definition) is 8. The fourth-order valence-corrected chi connectivity index (χ4v) is 2.38. The van der Waals surface area contributed by atoms with Gasteiger partial charge in [0.05, 0.1) is 12.2 Å². The number of benzene rings is 1. The highest BCUT2D eigenvalue weighted by molar-refractivity contribution is 9.10. The van der Waals surface area contributed by atoms with Gasteiger partial charge in [-0.25, -0.2) is 9.59 Å². The molecule has 2 atom stereocenters. The summed E-state index contributed by atoms with van der Waals surface area (Å²) in [6.45, 7) is 10.1. The number of carbonyl (C=O) groups is 3. The number of nitrogens with one attached hydrogen (secondary N) is 1. The van der Waals surface area contributed by atoms with Crippen LogP contribution in [0, 0.1) is 0 Å². The Bertz CT molecular complexity index is 782. The molecular formula is C21H30BrNO8. The van der Waals surface area contributed by atoms with Crippen molar-refractivity contribution in [3.8, 4) is 5.75 Å². The highest BCUT2D eigenvalue weighted by Crippen LogP contribution is 2.22. The number of ketones is 1. The maximum Gasteiger partial charge on any atom is 0.411 e. The Morgan fingerprint density at radius 3 is 2.03 bits per heavy atom. The summed E-state index contributed by atoms with van der Waals surface area (Å²) in [5.41, 5.74) is -1.22. The van der Waals surface area contributed by atoms with Crippen molar-refractivity contribution >= 4 is 33.8 Å². The summed E-state index contributed by atoms with van der Waals surface area (Å²) in [6.07, 6.45) is -2.28. The Kier molecular flexibility index (Phi) is 9.04. The molecular weight excluding hydrogens is 474 g/mol. The molecule has 31 heavy (non-hydrogen) atoms. The van der Waals surface area contributed by atoms with Gasteiger partial charge in [-0.3, -0.25) is 10.1 Å². The molecule has 0 radical (unpaired) electrons. The van der Waals surface area contributed by atoms with Crippen LogP contribution in [-0.2, 0) is 23.7 Å². The number of alkyl halides is 1. The number of alkyl carbamates (subject to hydrolysis) is 1. The number of hydrogen-bond donors (Lipinski definition) is 2. The number of phenols is 1. The van der Waals surface area contributed by atoms with Crippen LogP contribution < -0.4 is 5.32 Å². The smallest absolute Gasteiger partial charge is 0.411 e. The molecule has 0 fully saturated rings. The fraction of sp³-hybridized carbons (Fsp3) is 0.571. The lowest BCUT2D eigenvalue weighted by Crippen LogP contribution is -2.54. The molecule has 0 saturated carbocycles. The van der Waals surface area contributed by atoms with Crippen molar-refractivity contribution in [2.75, 3.05) is 13.7 Å². The third-order valence-corrected chi connectivity index (χ3v) is 4.41. The number of carbonyl (C=O) groups excluding carboxylic acids is 3. The molecule has 2 N–H and O–H groups in total. The summed E-state index contributed by atoms with van der Waals surface area (Å²) in [5.74, 6) is -1.66. The predicted molar refractivity (Wildman–Crippen MR) is 116 cm³/mol. The first-order valence-corrected chi connectivity index (χ1v) is 10.3. The molecule has 0 aliphatic rings. The number of rotatable bonds is 8. The van der Waals surface area contributed by atoms with E-state index < -0.39 is 39.8 Å². The molecule has 0 aromatic heterocycles. The zero-order valence-corrected chi connectivity index (χ0v) is 20.4. The quantitative estimate of drug-likeness (QED) is 0.181. The van der Waals surface area contributed by atoms with E-state index in [-0.39, 0.29) is 17.9 Å². The molecule has 1 amide bonds. The number of esters is 1. The maximum atomic E-state index is 12.9. The zero-order valence-electron chi connectivity index (χ0n) is 18.8. The van der Waals surface area contributed by atoms with Gasteiger partial charge in [-0.05, 0) is 81.7 Å². The van der Waals surface area contributed by atoms with Crippen molar-refractivity contribution < 1.29 is 38.4 Å². The Labute approximate surface area is 190 Å². The second-order valence-corrected chi connectivity index (χ2v) is 9.77. The van der Waals surface area contributed by atoms with Crippen LogP contribution in [0.4, 0.5) is 4.79 Å². The Balaban J connectivity index is 3.06. The van der Waals surface area contributed by atoms with E-state index in [1.807, 2.05) is 0 Å². The third kappa shape index (κ3) is 9.24. The van der Waals surface area contributed by atoms with Crippen molar-refractivity contribution in [2.24, 2.45) is 0 Å². The monoisotopic (exact) mass is 503 g/mol. The SMILES string of the molecule is COC(Br)(NC(=O)OC(C)(C)C)C(=O)O[C@@H](COC(C)(C)C)C(=O)c1ccc(O)cc1. The van der Waals surface area contributed by atoms with E-state index in [1.165, 1.54) is 24.3 Å². The van der Waals surface area contributed by atoms with Gasteiger partial charge in [0.2, 0.25) is 5.78 Å². The van der Waals surface area contributed by atoms with E-state index in [9.17, 15) is 19.5 Å². The highest BCUT2D eigenvalue weighted by Gasteiger charge is 2.43. The van der Waals surface area contributed by atoms with Gasteiger partial charge >= 0.3 is 16.7 Å². The number of ether oxygens (including phenoxy) is 4. The fourth-order valence-electron chi connectivity index (χ4n) is 2.13. The minimum atomic E-state index is -2.09. The van der Waals surface area contributed by atoms with Gasteiger partial charge in [0.1, 0.15) is 11.4 Å². The molecule has 1 aromatic carbocycles. The second-order valence-electron chi connectivity index (χ2n) is 8.65. The first-order valence-electron chi connectivity index (χ1n) is 9.50.